The predicted octanol–water partition coefficient (Wildman–Crippen LogP) is 2.83. The Labute approximate surface area is 143 Å². The van der Waals surface area contributed by atoms with Crippen LogP contribution in [0.3, 0.4) is 0 Å². The summed E-state index contributed by atoms with van der Waals surface area (Å²) in [6.07, 6.45) is 3.50. The Hall–Kier alpha value is -1.47. The van der Waals surface area contributed by atoms with Crippen molar-refractivity contribution in [2.45, 2.75) is 24.8 Å². The number of rotatable bonds is 4. The molecule has 0 saturated carbocycles. The molecular weight excluding hydrogens is 334 g/mol. The van der Waals surface area contributed by atoms with E-state index in [4.69, 9.17) is 22.1 Å². The molecule has 0 spiro atoms. The molecule has 1 aromatic carbocycles. The zero-order chi connectivity index (χ0) is 16.3. The summed E-state index contributed by atoms with van der Waals surface area (Å²) < 4.78 is 5.26. The molecule has 1 aliphatic heterocycles. The number of benzene rings is 1. The number of nitrogens with one attached hydrogen (secondary N) is 1. The molecule has 0 atom stereocenters. The highest BCUT2D eigenvalue weighted by Crippen LogP contribution is 2.26. The van der Waals surface area contributed by atoms with E-state index in [0.717, 1.165) is 15.5 Å². The second-order valence-electron chi connectivity index (χ2n) is 5.62. The van der Waals surface area contributed by atoms with Crippen LogP contribution >= 0.6 is 22.9 Å². The third kappa shape index (κ3) is 3.90. The summed E-state index contributed by atoms with van der Waals surface area (Å²) in [6.45, 7) is 1.03. The fourth-order valence-corrected chi connectivity index (χ4v) is 3.49. The fraction of sp³-hybridized carbons (Fsp3) is 0.375. The van der Waals surface area contributed by atoms with Crippen molar-refractivity contribution >= 4 is 34.0 Å². The molecule has 1 aliphatic rings. The topological polar surface area (TPSA) is 77.2 Å². The predicted molar refractivity (Wildman–Crippen MR) is 92.0 cm³/mol. The minimum absolute atomic E-state index is 0.195. The molecule has 1 aromatic heterocycles. The number of aromatic nitrogens is 1. The van der Waals surface area contributed by atoms with Crippen molar-refractivity contribution in [3.05, 3.63) is 45.9 Å². The average Bonchev–Trinajstić information content (AvgIpc) is 2.97. The zero-order valence-corrected chi connectivity index (χ0v) is 14.1. The maximum absolute atomic E-state index is 12.4. The number of anilines is 1. The Balaban J connectivity index is 1.65. The van der Waals surface area contributed by atoms with E-state index < -0.39 is 5.54 Å². The number of ether oxygens (including phenoxy) is 1. The summed E-state index contributed by atoms with van der Waals surface area (Å²) in [5.74, 6) is -0.195. The van der Waals surface area contributed by atoms with Crippen molar-refractivity contribution in [2.24, 2.45) is 5.73 Å². The lowest BCUT2D eigenvalue weighted by Gasteiger charge is -2.31. The Kier molecular flexibility index (Phi) is 4.96. The molecule has 3 rings (SSSR count). The first-order chi connectivity index (χ1) is 11.1. The first kappa shape index (κ1) is 16.4. The standard InChI is InChI=1S/C16H18ClN3O2S/c17-13-4-2-1-3-11(13)9-12-10-19-15(23-12)20-14(21)16(18)5-7-22-8-6-16/h1-4,10H,5-9,18H2,(H,19,20,21). The number of carbonyl (C=O) groups excluding carboxylic acids is 1. The normalized spacial score (nSPS) is 17.0. The van der Waals surface area contributed by atoms with E-state index in [1.165, 1.54) is 11.3 Å². The maximum atomic E-state index is 12.4. The maximum Gasteiger partial charge on any atom is 0.246 e. The van der Waals surface area contributed by atoms with Crippen molar-refractivity contribution in [2.75, 3.05) is 18.5 Å². The number of nitrogens with two attached hydrogens (primary N) is 1. The zero-order valence-electron chi connectivity index (χ0n) is 12.5. The summed E-state index contributed by atoms with van der Waals surface area (Å²) in [6, 6.07) is 7.70. The van der Waals surface area contributed by atoms with Crippen molar-refractivity contribution in [3.63, 3.8) is 0 Å². The summed E-state index contributed by atoms with van der Waals surface area (Å²) in [5.41, 5.74) is 6.34. The molecule has 3 N–H and O–H groups in total. The van der Waals surface area contributed by atoms with Gasteiger partial charge in [0.05, 0.1) is 0 Å². The highest BCUT2D eigenvalue weighted by atomic mass is 35.5. The number of carbonyl (C=O) groups is 1. The minimum Gasteiger partial charge on any atom is -0.381 e. The molecule has 0 unspecified atom stereocenters. The monoisotopic (exact) mass is 351 g/mol. The van der Waals surface area contributed by atoms with E-state index in [-0.39, 0.29) is 5.91 Å². The number of hydrogen-bond donors (Lipinski definition) is 2. The van der Waals surface area contributed by atoms with Gasteiger partial charge in [0.1, 0.15) is 5.54 Å². The van der Waals surface area contributed by atoms with E-state index >= 15 is 0 Å². The highest BCUT2D eigenvalue weighted by molar-refractivity contribution is 7.15. The average molecular weight is 352 g/mol. The van der Waals surface area contributed by atoms with Gasteiger partial charge in [-0.3, -0.25) is 4.79 Å². The van der Waals surface area contributed by atoms with Gasteiger partial charge in [0.25, 0.3) is 0 Å². The van der Waals surface area contributed by atoms with Crippen molar-refractivity contribution in [3.8, 4) is 0 Å². The van der Waals surface area contributed by atoms with Crippen LogP contribution in [0.1, 0.15) is 23.3 Å². The molecule has 7 heteroatoms. The summed E-state index contributed by atoms with van der Waals surface area (Å²) in [4.78, 5) is 17.7. The van der Waals surface area contributed by atoms with E-state index in [0.29, 0.717) is 37.6 Å². The molecule has 1 amide bonds. The molecule has 1 fully saturated rings. The van der Waals surface area contributed by atoms with Gasteiger partial charge in [-0.1, -0.05) is 29.8 Å². The summed E-state index contributed by atoms with van der Waals surface area (Å²) in [5, 5.41) is 4.12. The number of amides is 1. The quantitative estimate of drug-likeness (QED) is 0.888. The lowest BCUT2D eigenvalue weighted by molar-refractivity contribution is -0.124. The molecule has 0 radical (unpaired) electrons. The molecular formula is C16H18ClN3O2S. The number of hydrogen-bond acceptors (Lipinski definition) is 5. The smallest absolute Gasteiger partial charge is 0.246 e. The van der Waals surface area contributed by atoms with Gasteiger partial charge in [0.15, 0.2) is 5.13 Å². The Morgan fingerprint density at radius 1 is 1.39 bits per heavy atom. The molecule has 23 heavy (non-hydrogen) atoms. The van der Waals surface area contributed by atoms with Gasteiger partial charge in [-0.2, -0.15) is 0 Å². The van der Waals surface area contributed by atoms with Crippen LogP contribution in [-0.4, -0.2) is 29.6 Å². The van der Waals surface area contributed by atoms with Crippen LogP contribution in [0.25, 0.3) is 0 Å². The Morgan fingerprint density at radius 2 is 2.13 bits per heavy atom. The lowest BCUT2D eigenvalue weighted by atomic mass is 9.90. The van der Waals surface area contributed by atoms with E-state index in [1.807, 2.05) is 24.3 Å². The number of halogens is 1. The Morgan fingerprint density at radius 3 is 2.87 bits per heavy atom. The first-order valence-electron chi connectivity index (χ1n) is 7.43. The van der Waals surface area contributed by atoms with Crippen molar-refractivity contribution < 1.29 is 9.53 Å². The molecule has 2 heterocycles. The molecule has 5 nitrogen and oxygen atoms in total. The van der Waals surface area contributed by atoms with E-state index in [9.17, 15) is 4.79 Å². The van der Waals surface area contributed by atoms with Gasteiger partial charge in [0.2, 0.25) is 5.91 Å². The van der Waals surface area contributed by atoms with E-state index in [2.05, 4.69) is 10.3 Å². The molecule has 0 bridgehead atoms. The van der Waals surface area contributed by atoms with Gasteiger partial charge in [-0.15, -0.1) is 11.3 Å². The van der Waals surface area contributed by atoms with Crippen LogP contribution in [0.4, 0.5) is 5.13 Å². The molecule has 2 aromatic rings. The van der Waals surface area contributed by atoms with Crippen LogP contribution in [0.15, 0.2) is 30.5 Å². The van der Waals surface area contributed by atoms with Crippen LogP contribution in [0.2, 0.25) is 5.02 Å². The van der Waals surface area contributed by atoms with Gasteiger partial charge in [-0.25, -0.2) is 4.98 Å². The van der Waals surface area contributed by atoms with Gasteiger partial charge >= 0.3 is 0 Å². The summed E-state index contributed by atoms with van der Waals surface area (Å²) in [7, 11) is 0. The third-order valence-corrected chi connectivity index (χ3v) is 5.22. The molecule has 122 valence electrons. The third-order valence-electron chi connectivity index (χ3n) is 3.93. The lowest BCUT2D eigenvalue weighted by Crippen LogP contribution is -2.54. The van der Waals surface area contributed by atoms with Gasteiger partial charge in [0, 0.05) is 35.7 Å². The fourth-order valence-electron chi connectivity index (χ4n) is 2.46. The Bertz CT molecular complexity index is 698. The second-order valence-corrected chi connectivity index (χ2v) is 7.14. The van der Waals surface area contributed by atoms with Gasteiger partial charge in [-0.05, 0) is 24.5 Å². The first-order valence-corrected chi connectivity index (χ1v) is 8.62. The SMILES string of the molecule is NC1(C(=O)Nc2ncc(Cc3ccccc3Cl)s2)CCOCC1. The number of nitrogens with zero attached hydrogens (tertiary/aromatic N) is 1. The number of thiazole rings is 1. The van der Waals surface area contributed by atoms with Crippen molar-refractivity contribution in [1.82, 2.24) is 4.98 Å². The van der Waals surface area contributed by atoms with Crippen LogP contribution in [-0.2, 0) is 16.0 Å². The largest absolute Gasteiger partial charge is 0.381 e. The minimum atomic E-state index is -0.868. The van der Waals surface area contributed by atoms with Gasteiger partial charge < -0.3 is 15.8 Å². The molecule has 1 saturated heterocycles. The van der Waals surface area contributed by atoms with Crippen molar-refractivity contribution in [1.29, 1.82) is 0 Å². The molecule has 0 aliphatic carbocycles. The summed E-state index contributed by atoms with van der Waals surface area (Å²) >= 11 is 7.61. The second kappa shape index (κ2) is 6.97. The van der Waals surface area contributed by atoms with Crippen LogP contribution in [0.5, 0.6) is 0 Å². The van der Waals surface area contributed by atoms with Crippen LogP contribution < -0.4 is 11.1 Å². The van der Waals surface area contributed by atoms with Crippen LogP contribution in [0, 0.1) is 0 Å². The highest BCUT2D eigenvalue weighted by Gasteiger charge is 2.36. The van der Waals surface area contributed by atoms with E-state index in [1.54, 1.807) is 6.20 Å².